The zero-order chi connectivity index (χ0) is 20.9. The lowest BCUT2D eigenvalue weighted by Crippen LogP contribution is -2.63. The Balaban J connectivity index is 1.62. The largest absolute Gasteiger partial charge is 0.497 e. The van der Waals surface area contributed by atoms with E-state index in [4.69, 9.17) is 4.74 Å². The van der Waals surface area contributed by atoms with Crippen LogP contribution in [0.2, 0.25) is 0 Å². The summed E-state index contributed by atoms with van der Waals surface area (Å²) in [5.74, 6) is 1.38. The maximum Gasteiger partial charge on any atom is 0.321 e. The number of carbonyl (C=O) groups is 2. The van der Waals surface area contributed by atoms with Gasteiger partial charge in [-0.2, -0.15) is 0 Å². The Morgan fingerprint density at radius 1 is 1.27 bits per heavy atom. The zero-order valence-electron chi connectivity index (χ0n) is 17.5. The van der Waals surface area contributed by atoms with Gasteiger partial charge in [-0.3, -0.25) is 15.0 Å². The highest BCUT2D eigenvalue weighted by Gasteiger charge is 2.57. The molecule has 0 aromatic heterocycles. The number of aliphatic hydroxyl groups is 1. The first-order valence-corrected chi connectivity index (χ1v) is 11.2. The molecule has 162 valence electrons. The van der Waals surface area contributed by atoms with Crippen LogP contribution in [0.25, 0.3) is 0 Å². The Morgan fingerprint density at radius 3 is 2.87 bits per heavy atom. The van der Waals surface area contributed by atoms with E-state index in [9.17, 15) is 14.7 Å². The standard InChI is InChI=1S/C23H31N3O4/c1-30-15-6-7-16-18(11-15)23-8-10-26(13-14-4-5-14)20(21(16)28)17(23)3-2-9-24-22(29)25-19(27)12-23/h6-7,11,14,17,20-21,28H,2-5,8-10,12-13H2,1H3,(H2,24,25,27,29)/t17-,20-,21+,23-/m1/s1. The quantitative estimate of drug-likeness (QED) is 0.706. The number of hydrogen-bond donors (Lipinski definition) is 3. The van der Waals surface area contributed by atoms with Crippen LogP contribution >= 0.6 is 0 Å². The van der Waals surface area contributed by atoms with E-state index in [1.54, 1.807) is 7.11 Å². The number of nitrogens with zero attached hydrogens (tertiary/aromatic N) is 1. The Hall–Kier alpha value is -2.12. The van der Waals surface area contributed by atoms with Crippen LogP contribution in [0, 0.1) is 11.8 Å². The third kappa shape index (κ3) is 3.28. The molecule has 3 fully saturated rings. The summed E-state index contributed by atoms with van der Waals surface area (Å²) < 4.78 is 5.50. The van der Waals surface area contributed by atoms with Crippen molar-refractivity contribution in [3.63, 3.8) is 0 Å². The minimum Gasteiger partial charge on any atom is -0.497 e. The van der Waals surface area contributed by atoms with E-state index in [1.807, 2.05) is 18.2 Å². The summed E-state index contributed by atoms with van der Waals surface area (Å²) in [6.45, 7) is 2.43. The van der Waals surface area contributed by atoms with Crippen molar-refractivity contribution >= 4 is 11.9 Å². The van der Waals surface area contributed by atoms with E-state index in [0.717, 1.165) is 55.1 Å². The van der Waals surface area contributed by atoms with Gasteiger partial charge >= 0.3 is 6.03 Å². The van der Waals surface area contributed by atoms with Crippen LogP contribution in [0.1, 0.15) is 55.8 Å². The molecule has 5 rings (SSSR count). The molecule has 30 heavy (non-hydrogen) atoms. The molecule has 1 aromatic rings. The minimum absolute atomic E-state index is 0.00294. The number of likely N-dealkylation sites (tertiary alicyclic amines) is 1. The van der Waals surface area contributed by atoms with Gasteiger partial charge in [-0.25, -0.2) is 4.79 Å². The molecule has 2 bridgehead atoms. The molecule has 3 amide bonds. The summed E-state index contributed by atoms with van der Waals surface area (Å²) in [4.78, 5) is 27.4. The molecular formula is C23H31N3O4. The van der Waals surface area contributed by atoms with Crippen LogP contribution < -0.4 is 15.4 Å². The molecule has 3 N–H and O–H groups in total. The van der Waals surface area contributed by atoms with Crippen molar-refractivity contribution in [3.8, 4) is 5.75 Å². The molecule has 7 nitrogen and oxygen atoms in total. The number of aliphatic hydroxyl groups excluding tert-OH is 1. The van der Waals surface area contributed by atoms with Crippen LogP contribution in [-0.2, 0) is 10.2 Å². The number of methoxy groups -OCH3 is 1. The summed E-state index contributed by atoms with van der Waals surface area (Å²) in [6, 6.07) is 5.46. The van der Waals surface area contributed by atoms with Gasteiger partial charge in [0.2, 0.25) is 5.91 Å². The predicted molar refractivity (Wildman–Crippen MR) is 111 cm³/mol. The highest BCUT2D eigenvalue weighted by molar-refractivity contribution is 5.95. The van der Waals surface area contributed by atoms with E-state index in [1.165, 1.54) is 12.8 Å². The highest BCUT2D eigenvalue weighted by Crippen LogP contribution is 2.57. The number of imide groups is 1. The van der Waals surface area contributed by atoms with E-state index in [2.05, 4.69) is 15.5 Å². The number of benzene rings is 1. The third-order valence-corrected chi connectivity index (χ3v) is 7.72. The van der Waals surface area contributed by atoms with Crippen LogP contribution in [0.5, 0.6) is 5.75 Å². The molecule has 1 aromatic carbocycles. The summed E-state index contributed by atoms with van der Waals surface area (Å²) >= 11 is 0. The second kappa shape index (κ2) is 7.54. The zero-order valence-corrected chi connectivity index (χ0v) is 17.5. The van der Waals surface area contributed by atoms with Gasteiger partial charge in [-0.15, -0.1) is 0 Å². The van der Waals surface area contributed by atoms with Crippen molar-refractivity contribution in [1.82, 2.24) is 15.5 Å². The first-order chi connectivity index (χ1) is 14.5. The second-order valence-corrected chi connectivity index (χ2v) is 9.46. The summed E-state index contributed by atoms with van der Waals surface area (Å²) in [5.41, 5.74) is 1.54. The summed E-state index contributed by atoms with van der Waals surface area (Å²) in [7, 11) is 1.64. The molecule has 4 aliphatic rings. The minimum atomic E-state index is -0.580. The number of urea groups is 1. The van der Waals surface area contributed by atoms with E-state index in [0.29, 0.717) is 6.54 Å². The van der Waals surface area contributed by atoms with Gasteiger partial charge in [0, 0.05) is 31.0 Å². The van der Waals surface area contributed by atoms with E-state index in [-0.39, 0.29) is 24.3 Å². The van der Waals surface area contributed by atoms with Crippen molar-refractivity contribution < 1.29 is 19.4 Å². The van der Waals surface area contributed by atoms with Gasteiger partial charge in [0.1, 0.15) is 5.75 Å². The topological polar surface area (TPSA) is 90.9 Å². The maximum atomic E-state index is 12.9. The fourth-order valence-corrected chi connectivity index (χ4v) is 6.18. The highest BCUT2D eigenvalue weighted by atomic mass is 16.5. The molecule has 2 aliphatic heterocycles. The lowest BCUT2D eigenvalue weighted by atomic mass is 9.54. The lowest BCUT2D eigenvalue weighted by molar-refractivity contribution is -0.126. The Morgan fingerprint density at radius 2 is 2.10 bits per heavy atom. The van der Waals surface area contributed by atoms with Crippen molar-refractivity contribution in [1.29, 1.82) is 0 Å². The van der Waals surface area contributed by atoms with Gasteiger partial charge < -0.3 is 15.2 Å². The number of piperidine rings is 1. The average Bonchev–Trinajstić information content (AvgIpc) is 3.55. The summed E-state index contributed by atoms with van der Waals surface area (Å²) in [6.07, 6.45) is 4.77. The van der Waals surface area contributed by atoms with Crippen LogP contribution in [0.15, 0.2) is 18.2 Å². The first kappa shape index (κ1) is 19.8. The van der Waals surface area contributed by atoms with Crippen molar-refractivity contribution in [2.75, 3.05) is 26.7 Å². The molecule has 2 saturated heterocycles. The smallest absolute Gasteiger partial charge is 0.321 e. The predicted octanol–water partition coefficient (Wildman–Crippen LogP) is 2.09. The molecular weight excluding hydrogens is 382 g/mol. The number of carbonyl (C=O) groups excluding carboxylic acids is 2. The number of nitrogens with one attached hydrogen (secondary N) is 2. The summed E-state index contributed by atoms with van der Waals surface area (Å²) in [5, 5.41) is 16.8. The lowest BCUT2D eigenvalue weighted by Gasteiger charge is -2.58. The Labute approximate surface area is 177 Å². The van der Waals surface area contributed by atoms with Gasteiger partial charge in [0.25, 0.3) is 0 Å². The molecule has 7 heteroatoms. The van der Waals surface area contributed by atoms with Crippen LogP contribution in [-0.4, -0.2) is 54.7 Å². The van der Waals surface area contributed by atoms with E-state index < -0.39 is 17.6 Å². The molecule has 0 unspecified atom stereocenters. The van der Waals surface area contributed by atoms with Gasteiger partial charge in [-0.1, -0.05) is 6.07 Å². The fraction of sp³-hybridized carbons (Fsp3) is 0.652. The molecule has 0 spiro atoms. The monoisotopic (exact) mass is 413 g/mol. The van der Waals surface area contributed by atoms with E-state index >= 15 is 0 Å². The van der Waals surface area contributed by atoms with Crippen LogP contribution in [0.4, 0.5) is 4.79 Å². The number of fused-ring (bicyclic) bond motifs is 1. The number of hydrogen-bond acceptors (Lipinski definition) is 5. The Bertz CT molecular complexity index is 855. The molecule has 2 aliphatic carbocycles. The van der Waals surface area contributed by atoms with Crippen molar-refractivity contribution in [2.24, 2.45) is 11.8 Å². The van der Waals surface area contributed by atoms with Crippen molar-refractivity contribution in [2.45, 2.75) is 56.1 Å². The van der Waals surface area contributed by atoms with Gasteiger partial charge in [0.05, 0.1) is 13.2 Å². The van der Waals surface area contributed by atoms with Crippen molar-refractivity contribution in [3.05, 3.63) is 29.3 Å². The normalized spacial score (nSPS) is 34.3. The van der Waals surface area contributed by atoms with Crippen LogP contribution in [0.3, 0.4) is 0 Å². The first-order valence-electron chi connectivity index (χ1n) is 11.2. The molecule has 2 heterocycles. The maximum absolute atomic E-state index is 12.9. The number of ether oxygens (including phenoxy) is 1. The number of rotatable bonds is 3. The number of amides is 3. The molecule has 1 saturated carbocycles. The third-order valence-electron chi connectivity index (χ3n) is 7.72. The Kier molecular flexibility index (Phi) is 4.98. The second-order valence-electron chi connectivity index (χ2n) is 9.46. The van der Waals surface area contributed by atoms with Gasteiger partial charge in [-0.05, 0) is 73.7 Å². The van der Waals surface area contributed by atoms with Gasteiger partial charge in [0.15, 0.2) is 0 Å². The fourth-order valence-electron chi connectivity index (χ4n) is 6.18. The SMILES string of the molecule is COc1ccc2c(c1)[C@@]13CCN(CC4CC4)[C@H]([C@H]1CCCNC(=O)NC(=O)C3)[C@H]2O. The molecule has 0 radical (unpaired) electrons. The average molecular weight is 414 g/mol. The molecule has 4 atom stereocenters.